The number of piperazine rings is 1. The van der Waals surface area contributed by atoms with E-state index >= 15 is 0 Å². The molecule has 29 heavy (non-hydrogen) atoms. The smallest absolute Gasteiger partial charge is 0.161 e. The number of hydrogen-bond acceptors (Lipinski definition) is 5. The summed E-state index contributed by atoms with van der Waals surface area (Å²) in [5, 5.41) is 10.2. The summed E-state index contributed by atoms with van der Waals surface area (Å²) in [5.41, 5.74) is 3.85. The average molecular weight is 397 g/mol. The van der Waals surface area contributed by atoms with Gasteiger partial charge >= 0.3 is 0 Å². The van der Waals surface area contributed by atoms with Crippen LogP contribution in [0, 0.1) is 6.92 Å². The molecular weight excluding hydrogens is 364 g/mol. The number of ether oxygens (including phenoxy) is 2. The van der Waals surface area contributed by atoms with Gasteiger partial charge < -0.3 is 14.6 Å². The minimum Gasteiger partial charge on any atom is -0.493 e. The number of aliphatic hydroxyl groups excluding tert-OH is 1. The van der Waals surface area contributed by atoms with Crippen molar-refractivity contribution in [1.29, 1.82) is 0 Å². The lowest BCUT2D eigenvalue weighted by molar-refractivity contribution is 0.0443. The summed E-state index contributed by atoms with van der Waals surface area (Å²) in [4.78, 5) is 5.08. The Morgan fingerprint density at radius 1 is 1.00 bits per heavy atom. The third-order valence-electron chi connectivity index (χ3n) is 6.44. The fourth-order valence-electron chi connectivity index (χ4n) is 4.86. The quantitative estimate of drug-likeness (QED) is 0.814. The lowest BCUT2D eigenvalue weighted by atomic mass is 9.98. The van der Waals surface area contributed by atoms with E-state index in [2.05, 4.69) is 59.2 Å². The van der Waals surface area contributed by atoms with Crippen LogP contribution in [0.5, 0.6) is 11.5 Å². The first kappa shape index (κ1) is 20.2. The van der Waals surface area contributed by atoms with Crippen LogP contribution in [0.15, 0.2) is 42.5 Å². The number of methoxy groups -OCH3 is 2. The van der Waals surface area contributed by atoms with Gasteiger partial charge in [-0.05, 0) is 48.6 Å². The first-order chi connectivity index (χ1) is 14.1. The normalized spacial score (nSPS) is 25.0. The van der Waals surface area contributed by atoms with Crippen molar-refractivity contribution >= 4 is 0 Å². The van der Waals surface area contributed by atoms with Crippen molar-refractivity contribution in [2.45, 2.75) is 44.5 Å². The molecule has 2 aromatic carbocycles. The Morgan fingerprint density at radius 2 is 1.72 bits per heavy atom. The Morgan fingerprint density at radius 3 is 2.45 bits per heavy atom. The molecule has 0 aliphatic carbocycles. The summed E-state index contributed by atoms with van der Waals surface area (Å²) >= 11 is 0. The van der Waals surface area contributed by atoms with E-state index in [4.69, 9.17) is 9.47 Å². The summed E-state index contributed by atoms with van der Waals surface area (Å²) in [6.07, 6.45) is 1.70. The van der Waals surface area contributed by atoms with Gasteiger partial charge in [0, 0.05) is 38.3 Å². The molecule has 2 aliphatic rings. The SMILES string of the molecule is COc1cc(C)c(CN2C[C@@H]3C[C@@H](O)CN3C[C@H]2Cc2ccccc2)cc1OC. The Labute approximate surface area is 173 Å². The van der Waals surface area contributed by atoms with Crippen molar-refractivity contribution in [3.63, 3.8) is 0 Å². The van der Waals surface area contributed by atoms with Crippen molar-refractivity contribution in [2.24, 2.45) is 0 Å². The lowest BCUT2D eigenvalue weighted by Crippen LogP contribution is -2.56. The van der Waals surface area contributed by atoms with Gasteiger partial charge in [-0.15, -0.1) is 0 Å². The van der Waals surface area contributed by atoms with Crippen LogP contribution in [0.25, 0.3) is 0 Å². The van der Waals surface area contributed by atoms with Crippen molar-refractivity contribution in [3.05, 3.63) is 59.2 Å². The number of aryl methyl sites for hydroxylation is 1. The largest absolute Gasteiger partial charge is 0.493 e. The van der Waals surface area contributed by atoms with Crippen molar-refractivity contribution in [1.82, 2.24) is 9.80 Å². The molecule has 0 spiro atoms. The fraction of sp³-hybridized carbons (Fsp3) is 0.500. The highest BCUT2D eigenvalue weighted by molar-refractivity contribution is 5.47. The molecule has 0 saturated carbocycles. The highest BCUT2D eigenvalue weighted by Gasteiger charge is 2.39. The molecule has 2 aromatic rings. The van der Waals surface area contributed by atoms with Gasteiger partial charge in [-0.3, -0.25) is 9.80 Å². The van der Waals surface area contributed by atoms with E-state index in [1.807, 2.05) is 0 Å². The maximum atomic E-state index is 10.2. The zero-order valence-electron chi connectivity index (χ0n) is 17.7. The average Bonchev–Trinajstić information content (AvgIpc) is 3.08. The predicted molar refractivity (Wildman–Crippen MR) is 115 cm³/mol. The molecule has 2 aliphatic heterocycles. The van der Waals surface area contributed by atoms with E-state index in [-0.39, 0.29) is 6.10 Å². The predicted octanol–water partition coefficient (Wildman–Crippen LogP) is 2.87. The molecule has 2 saturated heterocycles. The van der Waals surface area contributed by atoms with Gasteiger partial charge in [-0.2, -0.15) is 0 Å². The van der Waals surface area contributed by atoms with Crippen LogP contribution in [-0.4, -0.2) is 66.9 Å². The summed E-state index contributed by atoms with van der Waals surface area (Å²) in [6, 6.07) is 15.8. The first-order valence-corrected chi connectivity index (χ1v) is 10.5. The molecule has 4 rings (SSSR count). The summed E-state index contributed by atoms with van der Waals surface area (Å²) in [5.74, 6) is 1.56. The van der Waals surface area contributed by atoms with E-state index in [0.717, 1.165) is 50.5 Å². The lowest BCUT2D eigenvalue weighted by Gasteiger charge is -2.44. The number of hydrogen-bond donors (Lipinski definition) is 1. The molecule has 5 nitrogen and oxygen atoms in total. The molecule has 1 N–H and O–H groups in total. The zero-order chi connectivity index (χ0) is 20.4. The van der Waals surface area contributed by atoms with Gasteiger partial charge in [0.05, 0.1) is 20.3 Å². The summed E-state index contributed by atoms with van der Waals surface area (Å²) in [6.45, 7) is 5.81. The van der Waals surface area contributed by atoms with Crippen LogP contribution in [0.4, 0.5) is 0 Å². The molecule has 3 atom stereocenters. The number of fused-ring (bicyclic) bond motifs is 1. The maximum absolute atomic E-state index is 10.2. The molecule has 0 radical (unpaired) electrons. The Hall–Kier alpha value is -2.08. The Bertz CT molecular complexity index is 826. The second kappa shape index (κ2) is 8.74. The van der Waals surface area contributed by atoms with Crippen LogP contribution in [-0.2, 0) is 13.0 Å². The van der Waals surface area contributed by atoms with E-state index in [1.165, 1.54) is 16.7 Å². The number of aliphatic hydroxyl groups is 1. The number of benzene rings is 2. The Kier molecular flexibility index (Phi) is 6.09. The molecule has 0 aromatic heterocycles. The summed E-state index contributed by atoms with van der Waals surface area (Å²) in [7, 11) is 3.37. The monoisotopic (exact) mass is 396 g/mol. The van der Waals surface area contributed by atoms with Crippen LogP contribution < -0.4 is 9.47 Å². The van der Waals surface area contributed by atoms with Gasteiger partial charge in [0.25, 0.3) is 0 Å². The molecule has 2 heterocycles. The second-order valence-electron chi connectivity index (χ2n) is 8.40. The second-order valence-corrected chi connectivity index (χ2v) is 8.40. The first-order valence-electron chi connectivity index (χ1n) is 10.5. The van der Waals surface area contributed by atoms with Gasteiger partial charge in [0.2, 0.25) is 0 Å². The number of rotatable bonds is 6. The minimum atomic E-state index is -0.194. The minimum absolute atomic E-state index is 0.194. The van der Waals surface area contributed by atoms with Gasteiger partial charge in [0.15, 0.2) is 11.5 Å². The fourth-order valence-corrected chi connectivity index (χ4v) is 4.86. The number of nitrogens with zero attached hydrogens (tertiary/aromatic N) is 2. The standard InChI is InChI=1S/C24H32N2O3/c1-17-9-23(28-2)24(29-3)11-19(17)13-25-15-21-12-22(27)16-26(21)14-20(25)10-18-7-5-4-6-8-18/h4-9,11,20-22,27H,10,12-16H2,1-3H3/t20-,21+,22-/m1/s1. The maximum Gasteiger partial charge on any atom is 0.161 e. The van der Waals surface area contributed by atoms with E-state index in [9.17, 15) is 5.11 Å². The van der Waals surface area contributed by atoms with Crippen LogP contribution in [0.3, 0.4) is 0 Å². The highest BCUT2D eigenvalue weighted by atomic mass is 16.5. The molecule has 2 fully saturated rings. The summed E-state index contributed by atoms with van der Waals surface area (Å²) < 4.78 is 11.0. The molecule has 0 unspecified atom stereocenters. The van der Waals surface area contributed by atoms with Crippen molar-refractivity contribution < 1.29 is 14.6 Å². The van der Waals surface area contributed by atoms with E-state index in [1.54, 1.807) is 14.2 Å². The van der Waals surface area contributed by atoms with Gasteiger partial charge in [-0.1, -0.05) is 30.3 Å². The van der Waals surface area contributed by atoms with Crippen LogP contribution in [0.1, 0.15) is 23.1 Å². The third-order valence-corrected chi connectivity index (χ3v) is 6.44. The topological polar surface area (TPSA) is 45.2 Å². The third kappa shape index (κ3) is 4.42. The Balaban J connectivity index is 1.58. The van der Waals surface area contributed by atoms with Crippen molar-refractivity contribution in [3.8, 4) is 11.5 Å². The highest BCUT2D eigenvalue weighted by Crippen LogP contribution is 2.33. The van der Waals surface area contributed by atoms with E-state index < -0.39 is 0 Å². The van der Waals surface area contributed by atoms with E-state index in [0.29, 0.717) is 12.1 Å². The molecule has 0 bridgehead atoms. The van der Waals surface area contributed by atoms with Crippen LogP contribution in [0.2, 0.25) is 0 Å². The van der Waals surface area contributed by atoms with Gasteiger partial charge in [0.1, 0.15) is 0 Å². The molecule has 156 valence electrons. The molecule has 0 amide bonds. The van der Waals surface area contributed by atoms with Gasteiger partial charge in [-0.25, -0.2) is 0 Å². The molecular formula is C24H32N2O3. The zero-order valence-corrected chi connectivity index (χ0v) is 17.7. The van der Waals surface area contributed by atoms with Crippen LogP contribution >= 0.6 is 0 Å². The molecule has 5 heteroatoms. The van der Waals surface area contributed by atoms with Crippen molar-refractivity contribution in [2.75, 3.05) is 33.9 Å².